The molecular formula is C23H32NO4-. The van der Waals surface area contributed by atoms with E-state index in [1.54, 1.807) is 11.0 Å². The highest BCUT2D eigenvalue weighted by atomic mass is 16.5. The van der Waals surface area contributed by atoms with Crippen LogP contribution in [0.25, 0.3) is 0 Å². The molecule has 28 heavy (non-hydrogen) atoms. The van der Waals surface area contributed by atoms with E-state index in [1.807, 2.05) is 6.08 Å². The van der Waals surface area contributed by atoms with Crippen LogP contribution in [-0.4, -0.2) is 41.6 Å². The fraction of sp³-hybridized carbons (Fsp3) is 0.652. The molecule has 3 heterocycles. The number of carbonyl (C=O) groups is 2. The number of rotatable bonds is 8. The number of carboxylic acid groups (broad SMARTS) is 1. The number of fused-ring (bicyclic) bond motifs is 1. The Bertz CT molecular complexity index is 744. The van der Waals surface area contributed by atoms with Crippen molar-refractivity contribution in [3.8, 4) is 0 Å². The van der Waals surface area contributed by atoms with E-state index in [1.165, 1.54) is 11.1 Å². The SMILES string of the molecule is CC(C)=CCC/C(C)=C/CC(C)(C)CN1C[C@@]23C=C[C@@H](O2)[C@@H](C(=O)[O-])[C@H]3C1=O. The van der Waals surface area contributed by atoms with E-state index in [2.05, 4.69) is 46.8 Å². The summed E-state index contributed by atoms with van der Waals surface area (Å²) in [4.78, 5) is 26.4. The highest BCUT2D eigenvalue weighted by molar-refractivity contribution is 5.90. The topological polar surface area (TPSA) is 69.7 Å². The first-order valence-electron chi connectivity index (χ1n) is 10.2. The van der Waals surface area contributed by atoms with Crippen molar-refractivity contribution in [1.29, 1.82) is 0 Å². The average molecular weight is 387 g/mol. The van der Waals surface area contributed by atoms with Gasteiger partial charge in [-0.15, -0.1) is 0 Å². The van der Waals surface area contributed by atoms with Gasteiger partial charge < -0.3 is 19.5 Å². The maximum absolute atomic E-state index is 13.0. The number of amides is 1. The van der Waals surface area contributed by atoms with Crippen LogP contribution in [-0.2, 0) is 14.3 Å². The van der Waals surface area contributed by atoms with Crippen LogP contribution in [0.1, 0.15) is 53.9 Å². The van der Waals surface area contributed by atoms with E-state index in [9.17, 15) is 14.7 Å². The molecule has 2 fully saturated rings. The molecule has 2 bridgehead atoms. The Morgan fingerprint density at radius 1 is 1.36 bits per heavy atom. The molecule has 0 aromatic heterocycles. The zero-order chi connectivity index (χ0) is 20.7. The van der Waals surface area contributed by atoms with Gasteiger partial charge in [0.15, 0.2) is 0 Å². The maximum atomic E-state index is 13.0. The van der Waals surface area contributed by atoms with E-state index >= 15 is 0 Å². The molecular weight excluding hydrogens is 354 g/mol. The van der Waals surface area contributed by atoms with E-state index in [0.29, 0.717) is 13.1 Å². The van der Waals surface area contributed by atoms with Crippen LogP contribution < -0.4 is 5.11 Å². The molecule has 4 atom stereocenters. The third-order valence-corrected chi connectivity index (χ3v) is 6.16. The molecule has 2 saturated heterocycles. The second-order valence-corrected chi connectivity index (χ2v) is 9.65. The van der Waals surface area contributed by atoms with Crippen LogP contribution in [0.3, 0.4) is 0 Å². The summed E-state index contributed by atoms with van der Waals surface area (Å²) >= 11 is 0. The number of allylic oxidation sites excluding steroid dienone is 4. The molecule has 5 nitrogen and oxygen atoms in total. The van der Waals surface area contributed by atoms with Gasteiger partial charge in [0, 0.05) is 18.4 Å². The first-order valence-corrected chi connectivity index (χ1v) is 10.2. The quantitative estimate of drug-likeness (QED) is 0.601. The molecule has 1 amide bonds. The highest BCUT2D eigenvalue weighted by Crippen LogP contribution is 2.52. The minimum Gasteiger partial charge on any atom is -0.550 e. The largest absolute Gasteiger partial charge is 0.550 e. The minimum absolute atomic E-state index is 0.0958. The Kier molecular flexibility index (Phi) is 5.59. The molecule has 0 saturated carbocycles. The molecule has 0 unspecified atom stereocenters. The van der Waals surface area contributed by atoms with Gasteiger partial charge in [-0.25, -0.2) is 0 Å². The number of carboxylic acids is 1. The molecule has 0 aromatic rings. The van der Waals surface area contributed by atoms with Crippen molar-refractivity contribution in [2.45, 2.75) is 65.6 Å². The van der Waals surface area contributed by atoms with Crippen molar-refractivity contribution in [3.63, 3.8) is 0 Å². The Labute approximate surface area is 168 Å². The summed E-state index contributed by atoms with van der Waals surface area (Å²) in [5, 5.41) is 11.6. The molecule has 0 aromatic carbocycles. The Morgan fingerprint density at radius 2 is 2.07 bits per heavy atom. The van der Waals surface area contributed by atoms with E-state index in [4.69, 9.17) is 4.74 Å². The van der Waals surface area contributed by atoms with E-state index < -0.39 is 29.5 Å². The number of ether oxygens (including phenoxy) is 1. The van der Waals surface area contributed by atoms with Gasteiger partial charge in [0.05, 0.1) is 18.6 Å². The lowest BCUT2D eigenvalue weighted by atomic mass is 9.77. The van der Waals surface area contributed by atoms with Gasteiger partial charge >= 0.3 is 0 Å². The number of nitrogens with zero attached hydrogens (tertiary/aromatic N) is 1. The third-order valence-electron chi connectivity index (χ3n) is 6.16. The van der Waals surface area contributed by atoms with Crippen molar-refractivity contribution in [2.24, 2.45) is 17.3 Å². The molecule has 0 aliphatic carbocycles. The standard InChI is InChI=1S/C23H33NO4/c1-15(2)7-6-8-16(3)9-11-22(4,5)13-24-14-23-12-10-17(28-23)18(21(26)27)19(23)20(24)25/h7,9-10,12,17-19H,6,8,11,13-14H2,1-5H3,(H,26,27)/p-1/b16-9+/t17-,18-,19+,23-/m1/s1. The van der Waals surface area contributed by atoms with Crippen LogP contribution in [0, 0.1) is 17.3 Å². The number of hydrogen-bond donors (Lipinski definition) is 0. The summed E-state index contributed by atoms with van der Waals surface area (Å²) < 4.78 is 5.92. The Morgan fingerprint density at radius 3 is 2.71 bits per heavy atom. The second kappa shape index (κ2) is 7.51. The molecule has 5 heteroatoms. The average Bonchev–Trinajstić information content (AvgIpc) is 3.21. The zero-order valence-electron chi connectivity index (χ0n) is 17.7. The van der Waals surface area contributed by atoms with Crippen LogP contribution in [0.2, 0.25) is 0 Å². The maximum Gasteiger partial charge on any atom is 0.229 e. The third kappa shape index (κ3) is 3.95. The molecule has 154 valence electrons. The smallest absolute Gasteiger partial charge is 0.229 e. The summed E-state index contributed by atoms with van der Waals surface area (Å²) in [6.45, 7) is 11.7. The number of likely N-dealkylation sites (tertiary alicyclic amines) is 1. The van der Waals surface area contributed by atoms with Crippen molar-refractivity contribution < 1.29 is 19.4 Å². The lowest BCUT2D eigenvalue weighted by Crippen LogP contribution is -2.45. The number of carbonyl (C=O) groups excluding carboxylic acids is 2. The van der Waals surface area contributed by atoms with Gasteiger partial charge in [-0.3, -0.25) is 4.79 Å². The summed E-state index contributed by atoms with van der Waals surface area (Å²) in [6, 6.07) is 0. The minimum atomic E-state index is -1.19. The van der Waals surface area contributed by atoms with Crippen molar-refractivity contribution in [2.75, 3.05) is 13.1 Å². The Balaban J connectivity index is 1.62. The summed E-state index contributed by atoms with van der Waals surface area (Å²) in [5.74, 6) is -2.82. The molecule has 3 aliphatic heterocycles. The first kappa shape index (κ1) is 20.8. The predicted octanol–water partition coefficient (Wildman–Crippen LogP) is 2.63. The fourth-order valence-corrected chi connectivity index (χ4v) is 4.70. The summed E-state index contributed by atoms with van der Waals surface area (Å²) in [5.41, 5.74) is 1.82. The zero-order valence-corrected chi connectivity index (χ0v) is 17.7. The van der Waals surface area contributed by atoms with Gasteiger partial charge in [-0.05, 0) is 45.4 Å². The number of aliphatic carboxylic acids is 1. The normalized spacial score (nSPS) is 31.5. The highest BCUT2D eigenvalue weighted by Gasteiger charge is 2.65. The second-order valence-electron chi connectivity index (χ2n) is 9.65. The van der Waals surface area contributed by atoms with Gasteiger partial charge in [0.1, 0.15) is 5.60 Å². The molecule has 1 spiro atoms. The predicted molar refractivity (Wildman–Crippen MR) is 106 cm³/mol. The van der Waals surface area contributed by atoms with Gasteiger partial charge in [-0.1, -0.05) is 49.3 Å². The molecule has 3 aliphatic rings. The van der Waals surface area contributed by atoms with Gasteiger partial charge in [0.2, 0.25) is 5.91 Å². The Hall–Kier alpha value is -1.88. The lowest BCUT2D eigenvalue weighted by molar-refractivity contribution is -0.313. The molecule has 3 rings (SSSR count). The van der Waals surface area contributed by atoms with Gasteiger partial charge in [-0.2, -0.15) is 0 Å². The molecule has 0 radical (unpaired) electrons. The van der Waals surface area contributed by atoms with Gasteiger partial charge in [0.25, 0.3) is 0 Å². The first-order chi connectivity index (χ1) is 13.0. The van der Waals surface area contributed by atoms with Crippen LogP contribution >= 0.6 is 0 Å². The lowest BCUT2D eigenvalue weighted by Gasteiger charge is -2.31. The van der Waals surface area contributed by atoms with Crippen molar-refractivity contribution >= 4 is 11.9 Å². The van der Waals surface area contributed by atoms with E-state index in [0.717, 1.165) is 19.3 Å². The molecule has 0 N–H and O–H groups in total. The monoisotopic (exact) mass is 386 g/mol. The van der Waals surface area contributed by atoms with E-state index in [-0.39, 0.29) is 11.3 Å². The van der Waals surface area contributed by atoms with Crippen molar-refractivity contribution in [1.82, 2.24) is 4.90 Å². The summed E-state index contributed by atoms with van der Waals surface area (Å²) in [6.07, 6.45) is 10.6. The number of hydrogen-bond acceptors (Lipinski definition) is 4. The van der Waals surface area contributed by atoms with Crippen LogP contribution in [0.4, 0.5) is 0 Å². The van der Waals surface area contributed by atoms with Crippen LogP contribution in [0.15, 0.2) is 35.5 Å². The van der Waals surface area contributed by atoms with Crippen LogP contribution in [0.5, 0.6) is 0 Å². The summed E-state index contributed by atoms with van der Waals surface area (Å²) in [7, 11) is 0. The fourth-order valence-electron chi connectivity index (χ4n) is 4.70. The van der Waals surface area contributed by atoms with Crippen molar-refractivity contribution in [3.05, 3.63) is 35.5 Å².